The van der Waals surface area contributed by atoms with E-state index in [-0.39, 0.29) is 0 Å². The van der Waals surface area contributed by atoms with Crippen molar-refractivity contribution in [2.24, 2.45) is 17.6 Å². The van der Waals surface area contributed by atoms with E-state index in [9.17, 15) is 0 Å². The number of nitrogens with two attached hydrogens (primary N) is 1. The first kappa shape index (κ1) is 13.0. The van der Waals surface area contributed by atoms with Gasteiger partial charge in [0.25, 0.3) is 0 Å². The van der Waals surface area contributed by atoms with Crippen LogP contribution in [0.5, 0.6) is 0 Å². The molecule has 0 aromatic rings. The quantitative estimate of drug-likeness (QED) is 0.733. The van der Waals surface area contributed by atoms with E-state index in [1.165, 1.54) is 38.8 Å². The van der Waals surface area contributed by atoms with Gasteiger partial charge in [-0.1, -0.05) is 13.8 Å². The largest absolute Gasteiger partial charge is 0.330 e. The Bertz CT molecular complexity index is 168. The van der Waals surface area contributed by atoms with Crippen LogP contribution in [0.2, 0.25) is 0 Å². The Morgan fingerprint density at radius 1 is 1.40 bits per heavy atom. The third-order valence-corrected chi connectivity index (χ3v) is 3.65. The molecule has 2 unspecified atom stereocenters. The molecule has 2 atom stereocenters. The Morgan fingerprint density at radius 2 is 2.13 bits per heavy atom. The van der Waals surface area contributed by atoms with Gasteiger partial charge < -0.3 is 10.6 Å². The SMILES string of the molecule is CC(C)CC(CN)CCN1CCCC1C. The molecule has 1 aliphatic rings. The van der Waals surface area contributed by atoms with E-state index in [1.807, 2.05) is 0 Å². The summed E-state index contributed by atoms with van der Waals surface area (Å²) in [4.78, 5) is 2.63. The summed E-state index contributed by atoms with van der Waals surface area (Å²) in [6.07, 6.45) is 5.36. The van der Waals surface area contributed by atoms with Crippen LogP contribution in [0.15, 0.2) is 0 Å². The molecule has 0 aromatic carbocycles. The van der Waals surface area contributed by atoms with Crippen LogP contribution in [0.1, 0.15) is 46.5 Å². The number of nitrogens with zero attached hydrogens (tertiary/aromatic N) is 1. The minimum atomic E-state index is 0.734. The van der Waals surface area contributed by atoms with E-state index in [1.54, 1.807) is 0 Å². The summed E-state index contributed by atoms with van der Waals surface area (Å²) < 4.78 is 0. The highest BCUT2D eigenvalue weighted by Gasteiger charge is 2.20. The fourth-order valence-corrected chi connectivity index (χ4v) is 2.67. The Morgan fingerprint density at radius 3 is 2.60 bits per heavy atom. The molecule has 1 saturated heterocycles. The van der Waals surface area contributed by atoms with Gasteiger partial charge in [0.1, 0.15) is 0 Å². The van der Waals surface area contributed by atoms with Crippen molar-refractivity contribution in [1.29, 1.82) is 0 Å². The molecule has 1 rings (SSSR count). The van der Waals surface area contributed by atoms with Gasteiger partial charge in [-0.05, 0) is 64.1 Å². The number of hydrogen-bond donors (Lipinski definition) is 1. The average Bonchev–Trinajstić information content (AvgIpc) is 2.58. The van der Waals surface area contributed by atoms with Gasteiger partial charge in [0, 0.05) is 6.04 Å². The number of likely N-dealkylation sites (tertiary alicyclic amines) is 1. The Hall–Kier alpha value is -0.0800. The normalized spacial score (nSPS) is 25.0. The Balaban J connectivity index is 2.21. The summed E-state index contributed by atoms with van der Waals surface area (Å²) in [6, 6.07) is 0.808. The molecule has 1 aliphatic heterocycles. The number of hydrogen-bond acceptors (Lipinski definition) is 2. The number of rotatable bonds is 6. The van der Waals surface area contributed by atoms with Gasteiger partial charge in [-0.15, -0.1) is 0 Å². The molecule has 0 aromatic heterocycles. The first-order chi connectivity index (χ1) is 7.13. The first-order valence-corrected chi connectivity index (χ1v) is 6.57. The second-order valence-corrected chi connectivity index (χ2v) is 5.55. The van der Waals surface area contributed by atoms with Crippen LogP contribution in [0.3, 0.4) is 0 Å². The van der Waals surface area contributed by atoms with Crippen molar-refractivity contribution >= 4 is 0 Å². The summed E-state index contributed by atoms with van der Waals surface area (Å²) in [6.45, 7) is 10.4. The van der Waals surface area contributed by atoms with Crippen molar-refractivity contribution in [3.05, 3.63) is 0 Å². The monoisotopic (exact) mass is 212 g/mol. The zero-order valence-electron chi connectivity index (χ0n) is 10.7. The van der Waals surface area contributed by atoms with Crippen molar-refractivity contribution in [3.63, 3.8) is 0 Å². The van der Waals surface area contributed by atoms with Crippen molar-refractivity contribution in [1.82, 2.24) is 4.90 Å². The second-order valence-electron chi connectivity index (χ2n) is 5.55. The maximum absolute atomic E-state index is 5.82. The molecule has 90 valence electrons. The fraction of sp³-hybridized carbons (Fsp3) is 1.00. The van der Waals surface area contributed by atoms with Crippen molar-refractivity contribution in [2.75, 3.05) is 19.6 Å². The lowest BCUT2D eigenvalue weighted by Crippen LogP contribution is -2.30. The van der Waals surface area contributed by atoms with Gasteiger partial charge in [-0.25, -0.2) is 0 Å². The molecule has 0 bridgehead atoms. The predicted molar refractivity (Wildman–Crippen MR) is 66.9 cm³/mol. The van der Waals surface area contributed by atoms with Crippen LogP contribution in [-0.4, -0.2) is 30.6 Å². The van der Waals surface area contributed by atoms with Crippen LogP contribution < -0.4 is 5.73 Å². The molecule has 0 spiro atoms. The standard InChI is InChI=1S/C13H28N2/c1-11(2)9-13(10-14)6-8-15-7-4-5-12(15)3/h11-13H,4-10,14H2,1-3H3. The molecule has 0 amide bonds. The fourth-order valence-electron chi connectivity index (χ4n) is 2.67. The molecule has 1 fully saturated rings. The lowest BCUT2D eigenvalue weighted by atomic mass is 9.94. The van der Waals surface area contributed by atoms with Gasteiger partial charge in [-0.2, -0.15) is 0 Å². The molecule has 1 heterocycles. The average molecular weight is 212 g/mol. The highest BCUT2D eigenvalue weighted by Crippen LogP contribution is 2.20. The highest BCUT2D eigenvalue weighted by molar-refractivity contribution is 4.76. The van der Waals surface area contributed by atoms with E-state index in [4.69, 9.17) is 5.73 Å². The van der Waals surface area contributed by atoms with Gasteiger partial charge in [-0.3, -0.25) is 0 Å². The van der Waals surface area contributed by atoms with Gasteiger partial charge in [0.15, 0.2) is 0 Å². The molecule has 2 nitrogen and oxygen atoms in total. The van der Waals surface area contributed by atoms with Crippen LogP contribution in [0.25, 0.3) is 0 Å². The minimum absolute atomic E-state index is 0.734. The molecule has 2 heteroatoms. The van der Waals surface area contributed by atoms with E-state index in [2.05, 4.69) is 25.7 Å². The molecule has 0 aliphatic carbocycles. The topological polar surface area (TPSA) is 29.3 Å². The molecule has 2 N–H and O–H groups in total. The third-order valence-electron chi connectivity index (χ3n) is 3.65. The van der Waals surface area contributed by atoms with Gasteiger partial charge >= 0.3 is 0 Å². The zero-order valence-corrected chi connectivity index (χ0v) is 10.7. The summed E-state index contributed by atoms with van der Waals surface area (Å²) in [7, 11) is 0. The summed E-state index contributed by atoms with van der Waals surface area (Å²) in [5.74, 6) is 1.52. The van der Waals surface area contributed by atoms with Crippen molar-refractivity contribution in [2.45, 2.75) is 52.5 Å². The van der Waals surface area contributed by atoms with Crippen molar-refractivity contribution in [3.8, 4) is 0 Å². The van der Waals surface area contributed by atoms with Crippen LogP contribution in [-0.2, 0) is 0 Å². The highest BCUT2D eigenvalue weighted by atomic mass is 15.2. The van der Waals surface area contributed by atoms with Crippen LogP contribution in [0.4, 0.5) is 0 Å². The summed E-state index contributed by atoms with van der Waals surface area (Å²) in [5.41, 5.74) is 5.82. The zero-order chi connectivity index (χ0) is 11.3. The molecular weight excluding hydrogens is 184 g/mol. The lowest BCUT2D eigenvalue weighted by Gasteiger charge is -2.24. The molecule has 0 saturated carbocycles. The second kappa shape index (κ2) is 6.49. The maximum Gasteiger partial charge on any atom is 0.00674 e. The smallest absolute Gasteiger partial charge is 0.00674 e. The predicted octanol–water partition coefficient (Wildman–Crippen LogP) is 2.48. The van der Waals surface area contributed by atoms with E-state index in [0.29, 0.717) is 0 Å². The lowest BCUT2D eigenvalue weighted by molar-refractivity contribution is 0.238. The third kappa shape index (κ3) is 4.52. The van der Waals surface area contributed by atoms with E-state index < -0.39 is 0 Å². The van der Waals surface area contributed by atoms with E-state index >= 15 is 0 Å². The Kier molecular flexibility index (Phi) is 5.62. The maximum atomic E-state index is 5.82. The Labute approximate surface area is 95.2 Å². The van der Waals surface area contributed by atoms with E-state index in [0.717, 1.165) is 24.4 Å². The van der Waals surface area contributed by atoms with Gasteiger partial charge in [0.05, 0.1) is 0 Å². The van der Waals surface area contributed by atoms with Crippen LogP contribution in [0, 0.1) is 11.8 Å². The van der Waals surface area contributed by atoms with Crippen LogP contribution >= 0.6 is 0 Å². The van der Waals surface area contributed by atoms with Crippen molar-refractivity contribution < 1.29 is 0 Å². The molecule has 15 heavy (non-hydrogen) atoms. The minimum Gasteiger partial charge on any atom is -0.330 e. The first-order valence-electron chi connectivity index (χ1n) is 6.57. The summed E-state index contributed by atoms with van der Waals surface area (Å²) >= 11 is 0. The molecule has 0 radical (unpaired) electrons. The molecular formula is C13H28N2. The van der Waals surface area contributed by atoms with Gasteiger partial charge in [0.2, 0.25) is 0 Å². The summed E-state index contributed by atoms with van der Waals surface area (Å²) in [5, 5.41) is 0.